The molecular weight excluding hydrogens is 222 g/mol. The molecule has 3 rings (SSSR count). The zero-order chi connectivity index (χ0) is 12.4. The molecule has 96 valence electrons. The van der Waals surface area contributed by atoms with E-state index in [4.69, 9.17) is 0 Å². The molecule has 18 heavy (non-hydrogen) atoms. The number of hydrogen-bond donors (Lipinski definition) is 2. The van der Waals surface area contributed by atoms with E-state index in [1.165, 1.54) is 31.2 Å². The number of hydrogen-bond acceptors (Lipinski definition) is 1. The van der Waals surface area contributed by atoms with Crippen LogP contribution in [0.25, 0.3) is 0 Å². The molecule has 1 aromatic carbocycles. The van der Waals surface area contributed by atoms with Gasteiger partial charge in [-0.2, -0.15) is 0 Å². The molecule has 2 fully saturated rings. The van der Waals surface area contributed by atoms with Gasteiger partial charge in [-0.1, -0.05) is 30.3 Å². The van der Waals surface area contributed by atoms with Crippen molar-refractivity contribution in [2.75, 3.05) is 7.05 Å². The summed E-state index contributed by atoms with van der Waals surface area (Å²) in [7, 11) is 1.85. The van der Waals surface area contributed by atoms with Crippen molar-refractivity contribution >= 4 is 5.96 Å². The summed E-state index contributed by atoms with van der Waals surface area (Å²) in [6.07, 6.45) is 5.01. The Kier molecular flexibility index (Phi) is 3.22. The van der Waals surface area contributed by atoms with Crippen LogP contribution in [-0.2, 0) is 0 Å². The van der Waals surface area contributed by atoms with E-state index in [0.29, 0.717) is 12.1 Å². The van der Waals surface area contributed by atoms with Crippen LogP contribution in [0.1, 0.15) is 37.2 Å². The summed E-state index contributed by atoms with van der Waals surface area (Å²) in [5.41, 5.74) is 1.47. The number of benzene rings is 1. The van der Waals surface area contributed by atoms with Gasteiger partial charge in [-0.05, 0) is 37.2 Å². The predicted octanol–water partition coefficient (Wildman–Crippen LogP) is 2.26. The van der Waals surface area contributed by atoms with Crippen molar-refractivity contribution < 1.29 is 0 Å². The first-order valence-corrected chi connectivity index (χ1v) is 6.90. The lowest BCUT2D eigenvalue weighted by Crippen LogP contribution is -2.49. The minimum absolute atomic E-state index is 0.583. The maximum Gasteiger partial charge on any atom is 0.191 e. The van der Waals surface area contributed by atoms with Crippen molar-refractivity contribution in [2.24, 2.45) is 4.99 Å². The van der Waals surface area contributed by atoms with Crippen molar-refractivity contribution in [1.29, 1.82) is 0 Å². The first kappa shape index (κ1) is 11.6. The number of aliphatic imine (C=N–C) groups is 1. The Balaban J connectivity index is 1.47. The summed E-state index contributed by atoms with van der Waals surface area (Å²) in [6, 6.07) is 12.1. The number of nitrogens with zero attached hydrogens (tertiary/aromatic N) is 1. The molecule has 0 atom stereocenters. The molecule has 0 heterocycles. The summed E-state index contributed by atoms with van der Waals surface area (Å²) in [5, 5.41) is 6.95. The molecule has 0 saturated heterocycles. The maximum absolute atomic E-state index is 4.28. The summed E-state index contributed by atoms with van der Waals surface area (Å²) >= 11 is 0. The largest absolute Gasteiger partial charge is 0.354 e. The first-order valence-electron chi connectivity index (χ1n) is 6.90. The van der Waals surface area contributed by atoms with Crippen LogP contribution >= 0.6 is 0 Å². The maximum atomic E-state index is 4.28. The molecule has 0 spiro atoms. The van der Waals surface area contributed by atoms with Gasteiger partial charge in [-0.25, -0.2) is 0 Å². The molecule has 1 aromatic rings. The summed E-state index contributed by atoms with van der Waals surface area (Å²) in [6.45, 7) is 0. The fourth-order valence-electron chi connectivity index (χ4n) is 2.52. The Hall–Kier alpha value is -1.51. The second-order valence-electron chi connectivity index (χ2n) is 5.41. The van der Waals surface area contributed by atoms with E-state index in [-0.39, 0.29) is 0 Å². The van der Waals surface area contributed by atoms with Crippen LogP contribution in [0.3, 0.4) is 0 Å². The van der Waals surface area contributed by atoms with E-state index in [9.17, 15) is 0 Å². The summed E-state index contributed by atoms with van der Waals surface area (Å²) < 4.78 is 0. The van der Waals surface area contributed by atoms with Gasteiger partial charge in [0.1, 0.15) is 0 Å². The second-order valence-corrected chi connectivity index (χ2v) is 5.41. The lowest BCUT2D eigenvalue weighted by molar-refractivity contribution is 0.322. The van der Waals surface area contributed by atoms with Gasteiger partial charge in [-0.15, -0.1) is 0 Å². The molecule has 2 aliphatic rings. The average Bonchev–Trinajstić information content (AvgIpc) is 3.16. The SMILES string of the molecule is CN=C(NC1CC1)NC1CC(c2ccccc2)C1. The van der Waals surface area contributed by atoms with Gasteiger partial charge in [0.15, 0.2) is 5.96 Å². The molecule has 0 amide bonds. The fourth-order valence-corrected chi connectivity index (χ4v) is 2.52. The van der Waals surface area contributed by atoms with Crippen molar-refractivity contribution in [1.82, 2.24) is 10.6 Å². The third kappa shape index (κ3) is 2.66. The minimum atomic E-state index is 0.583. The van der Waals surface area contributed by atoms with Crippen molar-refractivity contribution in [3.63, 3.8) is 0 Å². The van der Waals surface area contributed by atoms with Crippen molar-refractivity contribution in [3.8, 4) is 0 Å². The Bertz CT molecular complexity index is 417. The molecular formula is C15H21N3. The molecule has 2 saturated carbocycles. The third-order valence-electron chi connectivity index (χ3n) is 3.89. The van der Waals surface area contributed by atoms with Crippen LogP contribution in [0, 0.1) is 0 Å². The normalized spacial score (nSPS) is 27.5. The molecule has 0 radical (unpaired) electrons. The van der Waals surface area contributed by atoms with Crippen LogP contribution in [0.4, 0.5) is 0 Å². The fraction of sp³-hybridized carbons (Fsp3) is 0.533. The molecule has 0 bridgehead atoms. The zero-order valence-corrected chi connectivity index (χ0v) is 10.9. The molecule has 0 unspecified atom stereocenters. The van der Waals surface area contributed by atoms with E-state index in [1.807, 2.05) is 7.05 Å². The van der Waals surface area contributed by atoms with Gasteiger partial charge in [0.05, 0.1) is 0 Å². The lowest BCUT2D eigenvalue weighted by Gasteiger charge is -2.37. The molecule has 3 heteroatoms. The van der Waals surface area contributed by atoms with Gasteiger partial charge in [0.25, 0.3) is 0 Å². The summed E-state index contributed by atoms with van der Waals surface area (Å²) in [5.74, 6) is 1.71. The highest BCUT2D eigenvalue weighted by Crippen LogP contribution is 2.36. The van der Waals surface area contributed by atoms with Crippen molar-refractivity contribution in [2.45, 2.75) is 43.7 Å². The Morgan fingerprint density at radius 2 is 1.72 bits per heavy atom. The van der Waals surface area contributed by atoms with Crippen LogP contribution < -0.4 is 10.6 Å². The van der Waals surface area contributed by atoms with E-state index < -0.39 is 0 Å². The molecule has 2 aliphatic carbocycles. The standard InChI is InChI=1S/C15H21N3/c1-16-15(17-13-7-8-13)18-14-9-12(10-14)11-5-3-2-4-6-11/h2-6,12-14H,7-10H2,1H3,(H2,16,17,18). The molecule has 0 aliphatic heterocycles. The highest BCUT2D eigenvalue weighted by atomic mass is 15.2. The Morgan fingerprint density at radius 1 is 1.06 bits per heavy atom. The average molecular weight is 243 g/mol. The zero-order valence-electron chi connectivity index (χ0n) is 10.9. The smallest absolute Gasteiger partial charge is 0.191 e. The predicted molar refractivity (Wildman–Crippen MR) is 74.9 cm³/mol. The van der Waals surface area contributed by atoms with Crippen LogP contribution in [0.5, 0.6) is 0 Å². The van der Waals surface area contributed by atoms with Crippen LogP contribution in [-0.4, -0.2) is 25.1 Å². The Labute approximate surface area is 109 Å². The highest BCUT2D eigenvalue weighted by molar-refractivity contribution is 5.80. The monoisotopic (exact) mass is 243 g/mol. The lowest BCUT2D eigenvalue weighted by atomic mass is 9.76. The Morgan fingerprint density at radius 3 is 2.33 bits per heavy atom. The second kappa shape index (κ2) is 5.01. The highest BCUT2D eigenvalue weighted by Gasteiger charge is 2.31. The van der Waals surface area contributed by atoms with Crippen LogP contribution in [0.2, 0.25) is 0 Å². The van der Waals surface area contributed by atoms with E-state index in [0.717, 1.165) is 11.9 Å². The van der Waals surface area contributed by atoms with Gasteiger partial charge in [0, 0.05) is 19.1 Å². The van der Waals surface area contributed by atoms with Gasteiger partial charge >= 0.3 is 0 Å². The van der Waals surface area contributed by atoms with Gasteiger partial charge in [-0.3, -0.25) is 4.99 Å². The number of guanidine groups is 1. The minimum Gasteiger partial charge on any atom is -0.354 e. The van der Waals surface area contributed by atoms with E-state index in [1.54, 1.807) is 0 Å². The van der Waals surface area contributed by atoms with E-state index >= 15 is 0 Å². The third-order valence-corrected chi connectivity index (χ3v) is 3.89. The quantitative estimate of drug-likeness (QED) is 0.631. The van der Waals surface area contributed by atoms with Crippen molar-refractivity contribution in [3.05, 3.63) is 35.9 Å². The van der Waals surface area contributed by atoms with Gasteiger partial charge in [0.2, 0.25) is 0 Å². The van der Waals surface area contributed by atoms with Crippen LogP contribution in [0.15, 0.2) is 35.3 Å². The summed E-state index contributed by atoms with van der Waals surface area (Å²) in [4.78, 5) is 4.28. The number of nitrogens with one attached hydrogen (secondary N) is 2. The van der Waals surface area contributed by atoms with Gasteiger partial charge < -0.3 is 10.6 Å². The molecule has 0 aromatic heterocycles. The first-order chi connectivity index (χ1) is 8.85. The molecule has 2 N–H and O–H groups in total. The van der Waals surface area contributed by atoms with E-state index in [2.05, 4.69) is 46.0 Å². The topological polar surface area (TPSA) is 36.4 Å². The number of rotatable bonds is 3. The molecule has 3 nitrogen and oxygen atoms in total.